The monoisotopic (exact) mass is 391 g/mol. The summed E-state index contributed by atoms with van der Waals surface area (Å²) < 4.78 is 8.99. The van der Waals surface area contributed by atoms with Crippen molar-refractivity contribution < 1.29 is 4.42 Å². The number of aromatic nitrogens is 1. The SMILES string of the molecule is Cn1c2ccccc2c2ccc3oc4c(C5(C)CC6CC67CC7C5)cccc4c3c21. The number of rotatable bonds is 1. The molecule has 2 unspecified atom stereocenters. The first-order valence-electron chi connectivity index (χ1n) is 11.4. The molecule has 0 bridgehead atoms. The van der Waals surface area contributed by atoms with E-state index in [1.54, 1.807) is 0 Å². The minimum absolute atomic E-state index is 0.247. The quantitative estimate of drug-likeness (QED) is 0.293. The van der Waals surface area contributed by atoms with E-state index < -0.39 is 0 Å². The summed E-state index contributed by atoms with van der Waals surface area (Å²) in [5, 5.41) is 5.19. The molecule has 0 aliphatic heterocycles. The summed E-state index contributed by atoms with van der Waals surface area (Å²) in [6.45, 7) is 2.50. The highest BCUT2D eigenvalue weighted by atomic mass is 16.3. The third-order valence-corrected chi connectivity index (χ3v) is 9.13. The molecule has 148 valence electrons. The number of hydrogen-bond acceptors (Lipinski definition) is 1. The Labute approximate surface area is 175 Å². The number of para-hydroxylation sites is 2. The van der Waals surface area contributed by atoms with E-state index in [0.29, 0.717) is 0 Å². The molecule has 3 saturated carbocycles. The molecule has 8 rings (SSSR count). The van der Waals surface area contributed by atoms with Crippen molar-refractivity contribution in [1.29, 1.82) is 0 Å². The van der Waals surface area contributed by atoms with Crippen molar-refractivity contribution in [2.75, 3.05) is 0 Å². The van der Waals surface area contributed by atoms with Crippen LogP contribution in [0.4, 0.5) is 0 Å². The van der Waals surface area contributed by atoms with E-state index in [2.05, 4.69) is 73.1 Å². The van der Waals surface area contributed by atoms with Crippen molar-refractivity contribution in [3.05, 3.63) is 60.2 Å². The summed E-state index contributed by atoms with van der Waals surface area (Å²) in [7, 11) is 2.19. The fourth-order valence-electron chi connectivity index (χ4n) is 7.52. The summed E-state index contributed by atoms with van der Waals surface area (Å²) in [4.78, 5) is 0. The minimum Gasteiger partial charge on any atom is -0.456 e. The van der Waals surface area contributed by atoms with Crippen molar-refractivity contribution in [3.8, 4) is 0 Å². The van der Waals surface area contributed by atoms with Crippen molar-refractivity contribution in [2.24, 2.45) is 24.3 Å². The van der Waals surface area contributed by atoms with Crippen LogP contribution < -0.4 is 0 Å². The summed E-state index contributed by atoms with van der Waals surface area (Å²) in [5.41, 5.74) is 7.19. The Morgan fingerprint density at radius 1 is 0.833 bits per heavy atom. The van der Waals surface area contributed by atoms with Crippen LogP contribution in [0.2, 0.25) is 0 Å². The second kappa shape index (κ2) is 4.77. The van der Waals surface area contributed by atoms with Crippen LogP contribution >= 0.6 is 0 Å². The van der Waals surface area contributed by atoms with Gasteiger partial charge in [-0.25, -0.2) is 0 Å². The van der Waals surface area contributed by atoms with Crippen LogP contribution in [0.15, 0.2) is 59.0 Å². The lowest BCUT2D eigenvalue weighted by Crippen LogP contribution is -2.27. The van der Waals surface area contributed by atoms with Gasteiger partial charge in [0.1, 0.15) is 11.2 Å². The van der Waals surface area contributed by atoms with Gasteiger partial charge in [-0.1, -0.05) is 43.3 Å². The first-order chi connectivity index (χ1) is 14.6. The molecule has 1 spiro atoms. The van der Waals surface area contributed by atoms with E-state index in [-0.39, 0.29) is 5.41 Å². The Morgan fingerprint density at radius 2 is 1.60 bits per heavy atom. The highest BCUT2D eigenvalue weighted by Gasteiger charge is 2.74. The molecule has 3 aliphatic rings. The molecule has 0 N–H and O–H groups in total. The van der Waals surface area contributed by atoms with Crippen LogP contribution in [0.5, 0.6) is 0 Å². The normalized spacial score (nSPS) is 32.1. The lowest BCUT2D eigenvalue weighted by atomic mass is 9.70. The minimum atomic E-state index is 0.247. The fourth-order valence-corrected chi connectivity index (χ4v) is 7.52. The zero-order valence-corrected chi connectivity index (χ0v) is 17.5. The molecule has 2 heterocycles. The van der Waals surface area contributed by atoms with Crippen LogP contribution in [-0.4, -0.2) is 4.57 Å². The van der Waals surface area contributed by atoms with Gasteiger partial charge in [-0.05, 0) is 66.5 Å². The maximum atomic E-state index is 6.64. The van der Waals surface area contributed by atoms with Crippen LogP contribution in [0.3, 0.4) is 0 Å². The summed E-state index contributed by atoms with van der Waals surface area (Å²) in [6.07, 6.45) is 5.64. The van der Waals surface area contributed by atoms with Gasteiger partial charge in [-0.15, -0.1) is 0 Å². The van der Waals surface area contributed by atoms with E-state index in [1.807, 2.05) is 0 Å². The lowest BCUT2D eigenvalue weighted by molar-refractivity contribution is 0.298. The van der Waals surface area contributed by atoms with E-state index in [4.69, 9.17) is 4.42 Å². The first kappa shape index (κ1) is 16.0. The summed E-state index contributed by atoms with van der Waals surface area (Å²) in [5.74, 6) is 1.93. The molecular formula is C28H25NO. The first-order valence-corrected chi connectivity index (χ1v) is 11.4. The standard InChI is InChI=1S/C28H25NO/c1-27(12-16-14-28(16)15-17(28)13-27)21-8-5-7-20-24-23(30-26(20)21)11-10-19-18-6-3-4-9-22(18)29(2)25(19)24/h3-11,16-17H,12-15H2,1-2H3. The zero-order chi connectivity index (χ0) is 19.8. The molecule has 2 atom stereocenters. The lowest BCUT2D eigenvalue weighted by Gasteiger charge is -2.33. The Bertz CT molecular complexity index is 1530. The van der Waals surface area contributed by atoms with Crippen molar-refractivity contribution in [3.63, 3.8) is 0 Å². The van der Waals surface area contributed by atoms with Gasteiger partial charge in [-0.3, -0.25) is 0 Å². The zero-order valence-electron chi connectivity index (χ0n) is 17.5. The molecule has 0 saturated heterocycles. The number of hydrogen-bond donors (Lipinski definition) is 0. The third-order valence-electron chi connectivity index (χ3n) is 9.13. The average molecular weight is 392 g/mol. The van der Waals surface area contributed by atoms with Crippen LogP contribution in [0, 0.1) is 17.3 Å². The fraction of sp³-hybridized carbons (Fsp3) is 0.357. The molecule has 2 nitrogen and oxygen atoms in total. The molecule has 2 heteroatoms. The van der Waals surface area contributed by atoms with Crippen molar-refractivity contribution in [2.45, 2.75) is 38.0 Å². The molecule has 2 aromatic heterocycles. The van der Waals surface area contributed by atoms with Gasteiger partial charge in [0.25, 0.3) is 0 Å². The van der Waals surface area contributed by atoms with Crippen LogP contribution in [0.1, 0.15) is 38.2 Å². The van der Waals surface area contributed by atoms with Crippen molar-refractivity contribution in [1.82, 2.24) is 4.57 Å². The Balaban J connectivity index is 1.45. The highest BCUT2D eigenvalue weighted by molar-refractivity contribution is 6.24. The smallest absolute Gasteiger partial charge is 0.139 e. The van der Waals surface area contributed by atoms with Gasteiger partial charge in [0.05, 0.1) is 10.9 Å². The van der Waals surface area contributed by atoms with E-state index in [0.717, 1.165) is 28.4 Å². The Hall–Kier alpha value is -2.74. The van der Waals surface area contributed by atoms with Gasteiger partial charge in [-0.2, -0.15) is 0 Å². The number of furan rings is 1. The number of benzene rings is 3. The van der Waals surface area contributed by atoms with Gasteiger partial charge in [0, 0.05) is 34.3 Å². The van der Waals surface area contributed by atoms with E-state index in [9.17, 15) is 0 Å². The summed E-state index contributed by atoms with van der Waals surface area (Å²) in [6, 6.07) is 20.0. The van der Waals surface area contributed by atoms with Crippen LogP contribution in [-0.2, 0) is 12.5 Å². The maximum Gasteiger partial charge on any atom is 0.139 e. The molecule has 0 radical (unpaired) electrons. The maximum absolute atomic E-state index is 6.64. The molecule has 5 aromatic rings. The Morgan fingerprint density at radius 3 is 2.43 bits per heavy atom. The number of nitrogens with zero attached hydrogens (tertiary/aromatic N) is 1. The highest BCUT2D eigenvalue weighted by Crippen LogP contribution is 2.81. The number of aryl methyl sites for hydroxylation is 1. The topological polar surface area (TPSA) is 18.1 Å². The van der Waals surface area contributed by atoms with Gasteiger partial charge < -0.3 is 8.98 Å². The molecular weight excluding hydrogens is 366 g/mol. The second-order valence-electron chi connectivity index (χ2n) is 10.7. The van der Waals surface area contributed by atoms with E-state index >= 15 is 0 Å². The van der Waals surface area contributed by atoms with Gasteiger partial charge >= 0.3 is 0 Å². The third kappa shape index (κ3) is 1.71. The molecule has 3 aromatic carbocycles. The molecule has 3 fully saturated rings. The average Bonchev–Trinajstić information content (AvgIpc) is 3.55. The van der Waals surface area contributed by atoms with Crippen molar-refractivity contribution >= 4 is 43.7 Å². The van der Waals surface area contributed by atoms with Gasteiger partial charge in [0.2, 0.25) is 0 Å². The predicted molar refractivity (Wildman–Crippen MR) is 123 cm³/mol. The van der Waals surface area contributed by atoms with Crippen LogP contribution in [0.25, 0.3) is 43.7 Å². The van der Waals surface area contributed by atoms with E-state index in [1.165, 1.54) is 63.8 Å². The van der Waals surface area contributed by atoms with Gasteiger partial charge in [0.15, 0.2) is 0 Å². The predicted octanol–water partition coefficient (Wildman–Crippen LogP) is 7.31. The second-order valence-corrected chi connectivity index (χ2v) is 10.7. The Kier molecular flexibility index (Phi) is 2.55. The molecule has 0 amide bonds. The summed E-state index contributed by atoms with van der Waals surface area (Å²) >= 11 is 0. The molecule has 30 heavy (non-hydrogen) atoms. The largest absolute Gasteiger partial charge is 0.456 e. The molecule has 3 aliphatic carbocycles. The number of fused-ring (bicyclic) bond motifs is 7.